The van der Waals surface area contributed by atoms with Gasteiger partial charge in [-0.2, -0.15) is 4.99 Å². The third-order valence-electron chi connectivity index (χ3n) is 8.41. The number of nitrogens with zero attached hydrogens (tertiary/aromatic N) is 6. The average molecular weight is 754 g/mol. The fourth-order valence-corrected chi connectivity index (χ4v) is 6.68. The van der Waals surface area contributed by atoms with Crippen LogP contribution in [0.3, 0.4) is 0 Å². The zero-order valence-electron chi connectivity index (χ0n) is 30.1. The lowest BCUT2D eigenvalue weighted by Crippen LogP contribution is -2.41. The number of anilines is 1. The summed E-state index contributed by atoms with van der Waals surface area (Å²) >= 11 is 1.03. The molecule has 278 valence electrons. The van der Waals surface area contributed by atoms with Gasteiger partial charge in [-0.05, 0) is 30.6 Å². The number of carbonyl (C=O) groups excluding carboxylic acids is 3. The highest BCUT2D eigenvalue weighted by atomic mass is 32.1. The van der Waals surface area contributed by atoms with Crippen LogP contribution in [0, 0.1) is 17.0 Å². The van der Waals surface area contributed by atoms with Gasteiger partial charge in [0.05, 0.1) is 23.4 Å². The number of benzene rings is 1. The number of hydrogen-bond donors (Lipinski definition) is 3. The quantitative estimate of drug-likeness (QED) is 0.0465. The molecule has 19 heteroatoms. The minimum atomic E-state index is -1.97. The fourth-order valence-electron chi connectivity index (χ4n) is 4.62. The Morgan fingerprint density at radius 1 is 1.15 bits per heavy atom. The van der Waals surface area contributed by atoms with Crippen LogP contribution in [-0.4, -0.2) is 70.2 Å². The van der Waals surface area contributed by atoms with E-state index in [1.165, 1.54) is 12.3 Å². The molecular weight excluding hydrogens is 711 g/mol. The van der Waals surface area contributed by atoms with E-state index in [1.54, 1.807) is 23.6 Å². The molecule has 0 aliphatic rings. The number of ether oxygens (including phenoxy) is 1. The van der Waals surface area contributed by atoms with Gasteiger partial charge in [-0.15, -0.1) is 0 Å². The molecule has 5 N–H and O–H groups in total. The highest BCUT2D eigenvalue weighted by molar-refractivity contribution is 7.15. The lowest BCUT2D eigenvalue weighted by atomic mass is 10.1. The number of nitrogens with one attached hydrogen (secondary N) is 1. The number of oxazole rings is 1. The maximum absolute atomic E-state index is 13.2. The predicted octanol–water partition coefficient (Wildman–Crippen LogP) is 4.66. The molecule has 0 spiro atoms. The Hall–Kier alpha value is -5.27. The van der Waals surface area contributed by atoms with Gasteiger partial charge in [0.1, 0.15) is 11.4 Å². The summed E-state index contributed by atoms with van der Waals surface area (Å²) in [5.41, 5.74) is 11.2. The number of aryl methyl sites for hydroxylation is 2. The Morgan fingerprint density at radius 2 is 1.88 bits per heavy atom. The Labute approximate surface area is 304 Å². The minimum absolute atomic E-state index is 0.0209. The molecule has 0 saturated heterocycles. The Morgan fingerprint density at radius 3 is 2.52 bits per heavy atom. The topological polar surface area (TPSA) is 246 Å². The third kappa shape index (κ3) is 9.33. The zero-order valence-corrected chi connectivity index (χ0v) is 32.0. The van der Waals surface area contributed by atoms with Gasteiger partial charge in [-0.1, -0.05) is 51.2 Å². The van der Waals surface area contributed by atoms with E-state index in [0.29, 0.717) is 41.5 Å². The number of nitro benzene ring substituents is 1. The average Bonchev–Trinajstić information content (AvgIpc) is 3.62. The van der Waals surface area contributed by atoms with Gasteiger partial charge in [0.2, 0.25) is 11.7 Å². The molecule has 3 aromatic heterocycles. The number of nitro groups is 1. The molecule has 0 aliphatic heterocycles. The van der Waals surface area contributed by atoms with Crippen LogP contribution >= 0.6 is 11.3 Å². The van der Waals surface area contributed by atoms with Crippen LogP contribution in [0.2, 0.25) is 18.1 Å². The van der Waals surface area contributed by atoms with E-state index in [1.807, 2.05) is 6.92 Å². The lowest BCUT2D eigenvalue weighted by Gasteiger charge is -2.36. The third-order valence-corrected chi connectivity index (χ3v) is 13.9. The summed E-state index contributed by atoms with van der Waals surface area (Å²) in [5, 5.41) is 15.1. The maximum Gasteiger partial charge on any atom is 0.317 e. The van der Waals surface area contributed by atoms with E-state index in [2.05, 4.69) is 59.1 Å². The van der Waals surface area contributed by atoms with Crippen molar-refractivity contribution >= 4 is 59.2 Å². The van der Waals surface area contributed by atoms with Crippen LogP contribution < -0.4 is 26.3 Å². The molecule has 17 nitrogen and oxygen atoms in total. The second kappa shape index (κ2) is 16.4. The molecule has 3 heterocycles. The molecule has 0 bridgehead atoms. The number of thiazole rings is 1. The summed E-state index contributed by atoms with van der Waals surface area (Å²) in [6, 6.07) is 2.46. The number of allylic oxidation sites excluding steroid dienone is 1. The predicted molar refractivity (Wildman–Crippen MR) is 197 cm³/mol. The molecule has 0 radical (unpaired) electrons. The van der Waals surface area contributed by atoms with Gasteiger partial charge in [-0.3, -0.25) is 29.1 Å². The molecule has 4 rings (SSSR count). The first-order valence-corrected chi connectivity index (χ1v) is 20.1. The lowest BCUT2D eigenvalue weighted by molar-refractivity contribution is -0.384. The molecule has 0 unspecified atom stereocenters. The van der Waals surface area contributed by atoms with E-state index in [9.17, 15) is 24.5 Å². The second-order valence-electron chi connectivity index (χ2n) is 13.2. The first-order valence-electron chi connectivity index (χ1n) is 16.4. The van der Waals surface area contributed by atoms with E-state index in [4.69, 9.17) is 25.0 Å². The number of nitrogens with two attached hydrogens (primary N) is 2. The number of carbonyl (C=O) groups is 3. The second-order valence-corrected chi connectivity index (χ2v) is 18.9. The Kier molecular flexibility index (Phi) is 12.4. The SMILES string of the molecule is CCc1nc(C)oc1C(=O)N=c1sc2nc(C(N)=O)cnc2n1C/C=C/CNc1c(OCCCO[Si](C)(C)C(C)(C)C)cc(C(N)=O)cc1[N+](=O)[O-]. The van der Waals surface area contributed by atoms with E-state index in [0.717, 1.165) is 17.4 Å². The van der Waals surface area contributed by atoms with Crippen LogP contribution in [0.5, 0.6) is 5.75 Å². The van der Waals surface area contributed by atoms with Crippen LogP contribution in [0.1, 0.15) is 77.1 Å². The van der Waals surface area contributed by atoms with Crippen molar-refractivity contribution in [1.29, 1.82) is 0 Å². The molecule has 1 aromatic carbocycles. The maximum atomic E-state index is 13.2. The number of fused-ring (bicyclic) bond motifs is 1. The van der Waals surface area contributed by atoms with Gasteiger partial charge in [0.25, 0.3) is 11.6 Å². The number of hydrogen-bond acceptors (Lipinski definition) is 13. The highest BCUT2D eigenvalue weighted by Crippen LogP contribution is 2.37. The van der Waals surface area contributed by atoms with Crippen molar-refractivity contribution in [3.63, 3.8) is 0 Å². The summed E-state index contributed by atoms with van der Waals surface area (Å²) in [6.07, 6.45) is 5.63. The van der Waals surface area contributed by atoms with Gasteiger partial charge < -0.3 is 30.4 Å². The van der Waals surface area contributed by atoms with Crippen molar-refractivity contribution in [2.45, 2.75) is 72.1 Å². The molecule has 0 aliphatic carbocycles. The Bertz CT molecular complexity index is 2100. The van der Waals surface area contributed by atoms with E-state index in [-0.39, 0.29) is 63.7 Å². The van der Waals surface area contributed by atoms with Gasteiger partial charge in [0.15, 0.2) is 35.2 Å². The molecular formula is C33H43N9O8SSi. The van der Waals surface area contributed by atoms with Crippen molar-refractivity contribution in [1.82, 2.24) is 19.5 Å². The molecule has 52 heavy (non-hydrogen) atoms. The van der Waals surface area contributed by atoms with Crippen molar-refractivity contribution in [3.05, 3.63) is 74.0 Å². The summed E-state index contributed by atoms with van der Waals surface area (Å²) < 4.78 is 19.3. The van der Waals surface area contributed by atoms with Gasteiger partial charge in [0, 0.05) is 44.7 Å². The standard InChI is InChI=1S/C33H43N9O8SSi/c1-8-21-26(50-19(2)38-21)30(45)40-32-41(29-31(51-32)39-22(18-37-29)28(35)44)13-10-9-12-36-25-23(42(46)47)16-20(27(34)43)17-24(25)48-14-11-15-49-52(6,7)33(3,4)5/h9-10,16-18,36H,8,11-15H2,1-7H3,(H2,34,43)(H2,35,44)/b10-9+,40-32?. The first kappa shape index (κ1) is 39.5. The smallest absolute Gasteiger partial charge is 0.317 e. The van der Waals surface area contributed by atoms with Crippen molar-refractivity contribution in [2.75, 3.05) is 25.1 Å². The minimum Gasteiger partial charge on any atom is -0.491 e. The summed E-state index contributed by atoms with van der Waals surface area (Å²) in [7, 11) is -1.97. The zero-order chi connectivity index (χ0) is 38.4. The first-order chi connectivity index (χ1) is 24.4. The van der Waals surface area contributed by atoms with Crippen LogP contribution in [0.4, 0.5) is 11.4 Å². The molecule has 0 saturated carbocycles. The van der Waals surface area contributed by atoms with Crippen molar-refractivity contribution in [2.24, 2.45) is 16.5 Å². The highest BCUT2D eigenvalue weighted by Gasteiger charge is 2.36. The van der Waals surface area contributed by atoms with Crippen LogP contribution in [-0.2, 0) is 17.4 Å². The number of aromatic nitrogens is 4. The van der Waals surface area contributed by atoms with Crippen molar-refractivity contribution < 1.29 is 32.9 Å². The summed E-state index contributed by atoms with van der Waals surface area (Å²) in [4.78, 5) is 66.0. The van der Waals surface area contributed by atoms with Gasteiger partial charge >= 0.3 is 5.91 Å². The number of rotatable bonds is 16. The molecule has 0 fully saturated rings. The van der Waals surface area contributed by atoms with Crippen LogP contribution in [0.25, 0.3) is 10.5 Å². The Balaban J connectivity index is 1.57. The monoisotopic (exact) mass is 753 g/mol. The van der Waals surface area contributed by atoms with Gasteiger partial charge in [-0.25, -0.2) is 15.0 Å². The summed E-state index contributed by atoms with van der Waals surface area (Å²) in [6.45, 7) is 15.1. The van der Waals surface area contributed by atoms with Crippen molar-refractivity contribution in [3.8, 4) is 5.75 Å². The largest absolute Gasteiger partial charge is 0.491 e. The summed E-state index contributed by atoms with van der Waals surface area (Å²) in [5.74, 6) is -1.80. The van der Waals surface area contributed by atoms with E-state index >= 15 is 0 Å². The molecule has 0 atom stereocenters. The van der Waals surface area contributed by atoms with Crippen LogP contribution in [0.15, 0.2) is 39.9 Å². The van der Waals surface area contributed by atoms with E-state index < -0.39 is 31.0 Å². The molecule has 3 amide bonds. The fraction of sp³-hybridized carbons (Fsp3) is 0.424. The number of primary amides is 2. The molecule has 4 aromatic rings. The number of amides is 3. The normalized spacial score (nSPS) is 12.5.